The fourth-order valence-electron chi connectivity index (χ4n) is 3.40. The van der Waals surface area contributed by atoms with Crippen LogP contribution in [0.4, 0.5) is 11.4 Å². The Bertz CT molecular complexity index is 1080. The molecule has 0 radical (unpaired) electrons. The van der Waals surface area contributed by atoms with Gasteiger partial charge in [-0.05, 0) is 31.5 Å². The summed E-state index contributed by atoms with van der Waals surface area (Å²) in [5.41, 5.74) is 2.30. The van der Waals surface area contributed by atoms with Crippen molar-refractivity contribution in [3.63, 3.8) is 0 Å². The van der Waals surface area contributed by atoms with Crippen molar-refractivity contribution in [1.29, 1.82) is 0 Å². The lowest BCUT2D eigenvalue weighted by Gasteiger charge is -2.16. The van der Waals surface area contributed by atoms with Gasteiger partial charge >= 0.3 is 5.56 Å². The normalized spacial score (nSPS) is 15.7. The summed E-state index contributed by atoms with van der Waals surface area (Å²) in [4.78, 5) is 19.7. The van der Waals surface area contributed by atoms with Gasteiger partial charge in [-0.2, -0.15) is 4.58 Å². The number of hydrogen-bond acceptors (Lipinski definition) is 4. The summed E-state index contributed by atoms with van der Waals surface area (Å²) in [6, 6.07) is 17.6. The first-order chi connectivity index (χ1) is 13.9. The Labute approximate surface area is 169 Å². The van der Waals surface area contributed by atoms with E-state index < -0.39 is 5.60 Å². The van der Waals surface area contributed by atoms with Crippen LogP contribution in [0.25, 0.3) is 0 Å². The van der Waals surface area contributed by atoms with Gasteiger partial charge < -0.3 is 14.8 Å². The molecule has 1 aliphatic heterocycles. The fraction of sp³-hybridized carbons (Fsp3) is 0.261. The van der Waals surface area contributed by atoms with E-state index in [2.05, 4.69) is 9.97 Å². The smallest absolute Gasteiger partial charge is 0.323 e. The maximum Gasteiger partial charge on any atom is 0.323 e. The first-order valence-electron chi connectivity index (χ1n) is 9.64. The third-order valence-electron chi connectivity index (χ3n) is 4.95. The molecule has 1 aliphatic rings. The highest BCUT2D eigenvalue weighted by Gasteiger charge is 2.37. The van der Waals surface area contributed by atoms with Gasteiger partial charge in [0.1, 0.15) is 17.4 Å². The molecule has 2 N–H and O–H groups in total. The van der Waals surface area contributed by atoms with E-state index in [1.807, 2.05) is 65.4 Å². The number of H-pyrrole nitrogens is 1. The quantitative estimate of drug-likeness (QED) is 0.633. The first-order valence-corrected chi connectivity index (χ1v) is 9.64. The molecular formula is C23H24N3O3+. The van der Waals surface area contributed by atoms with Crippen LogP contribution in [0.2, 0.25) is 0 Å². The molecule has 2 heterocycles. The lowest BCUT2D eigenvalue weighted by Crippen LogP contribution is -2.21. The average molecular weight is 390 g/mol. The molecule has 6 heteroatoms. The van der Waals surface area contributed by atoms with Crippen LogP contribution in [0, 0.1) is 0 Å². The van der Waals surface area contributed by atoms with Crippen LogP contribution in [0.1, 0.15) is 37.4 Å². The van der Waals surface area contributed by atoms with Crippen LogP contribution < -0.4 is 14.9 Å². The number of hydrogen-bond donors (Lipinski definition) is 2. The number of aromatic nitrogens is 2. The summed E-state index contributed by atoms with van der Waals surface area (Å²) in [6.07, 6.45) is 4.02. The predicted molar refractivity (Wildman–Crippen MR) is 114 cm³/mol. The minimum absolute atomic E-state index is 0.0868. The number of benzene rings is 2. The minimum atomic E-state index is -0.755. The Morgan fingerprint density at radius 2 is 1.86 bits per heavy atom. The zero-order valence-corrected chi connectivity index (χ0v) is 16.5. The van der Waals surface area contributed by atoms with Crippen LogP contribution in [0.5, 0.6) is 5.75 Å². The third kappa shape index (κ3) is 4.12. The number of rotatable bonds is 6. The molecule has 148 valence electrons. The zero-order valence-electron chi connectivity index (χ0n) is 16.5. The largest absolute Gasteiger partial charge is 0.493 e. The standard InChI is InChI=1S/C23H23N3O3/c1-23(2,28)12-13-29-18-10-8-17(9-11-18)26-14-19(16-6-4-3-5-7-16)20-21(26)22(27)25-15-24-20/h3-11,14-15,19,28H,12-13H2,1-2H3/p+1. The van der Waals surface area contributed by atoms with Gasteiger partial charge in [0.05, 0.1) is 18.5 Å². The highest BCUT2D eigenvalue weighted by molar-refractivity contribution is 5.86. The van der Waals surface area contributed by atoms with Crippen molar-refractivity contribution in [2.45, 2.75) is 31.8 Å². The highest BCUT2D eigenvalue weighted by Crippen LogP contribution is 2.34. The number of nitrogens with zero attached hydrogens (tertiary/aromatic N) is 2. The van der Waals surface area contributed by atoms with E-state index in [0.29, 0.717) is 18.7 Å². The molecule has 29 heavy (non-hydrogen) atoms. The molecule has 0 bridgehead atoms. The lowest BCUT2D eigenvalue weighted by atomic mass is 9.98. The predicted octanol–water partition coefficient (Wildman–Crippen LogP) is 3.36. The lowest BCUT2D eigenvalue weighted by molar-refractivity contribution is 0.0553. The summed E-state index contributed by atoms with van der Waals surface area (Å²) in [6.45, 7) is 3.95. The molecule has 2 aromatic carbocycles. The first kappa shape index (κ1) is 19.1. The monoisotopic (exact) mass is 390 g/mol. The van der Waals surface area contributed by atoms with Gasteiger partial charge in [-0.1, -0.05) is 30.3 Å². The maximum atomic E-state index is 12.6. The molecule has 0 aliphatic carbocycles. The van der Waals surface area contributed by atoms with Gasteiger partial charge in [0.2, 0.25) is 5.69 Å². The Morgan fingerprint density at radius 3 is 2.55 bits per heavy atom. The Kier molecular flexibility index (Phi) is 5.03. The van der Waals surface area contributed by atoms with Crippen molar-refractivity contribution >= 4 is 17.6 Å². The maximum absolute atomic E-state index is 12.6. The van der Waals surface area contributed by atoms with Gasteiger partial charge in [0.25, 0.3) is 5.69 Å². The summed E-state index contributed by atoms with van der Waals surface area (Å²) in [5, 5.41) is 9.79. The van der Waals surface area contributed by atoms with Crippen molar-refractivity contribution in [1.82, 2.24) is 14.5 Å². The summed E-state index contributed by atoms with van der Waals surface area (Å²) < 4.78 is 7.60. The number of aliphatic hydroxyl groups is 1. The van der Waals surface area contributed by atoms with Crippen molar-refractivity contribution < 1.29 is 9.84 Å². The van der Waals surface area contributed by atoms with Crippen molar-refractivity contribution in [3.05, 3.63) is 82.5 Å². The van der Waals surface area contributed by atoms with Crippen LogP contribution >= 0.6 is 0 Å². The van der Waals surface area contributed by atoms with Crippen molar-refractivity contribution in [2.24, 2.45) is 0 Å². The third-order valence-corrected chi connectivity index (χ3v) is 4.95. The molecule has 6 nitrogen and oxygen atoms in total. The van der Waals surface area contributed by atoms with E-state index in [0.717, 1.165) is 22.7 Å². The Morgan fingerprint density at radius 1 is 1.14 bits per heavy atom. The molecule has 0 saturated carbocycles. The summed E-state index contributed by atoms with van der Waals surface area (Å²) >= 11 is 0. The minimum Gasteiger partial charge on any atom is -0.493 e. The molecule has 0 spiro atoms. The van der Waals surface area contributed by atoms with Gasteiger partial charge in [0, 0.05) is 18.6 Å². The molecule has 3 aromatic rings. The molecule has 4 rings (SSSR count). The molecule has 0 fully saturated rings. The molecule has 1 aromatic heterocycles. The van der Waals surface area contributed by atoms with E-state index in [9.17, 15) is 9.90 Å². The second kappa shape index (κ2) is 7.64. The van der Waals surface area contributed by atoms with E-state index in [-0.39, 0.29) is 11.5 Å². The summed E-state index contributed by atoms with van der Waals surface area (Å²) in [5.74, 6) is 0.633. The average Bonchev–Trinajstić information content (AvgIpc) is 3.09. The topological polar surface area (TPSA) is 78.2 Å². The van der Waals surface area contributed by atoms with Gasteiger partial charge in [-0.25, -0.2) is 4.98 Å². The number of fused-ring (bicyclic) bond motifs is 1. The number of nitrogens with one attached hydrogen (secondary N) is 1. The number of aromatic amines is 1. The van der Waals surface area contributed by atoms with Crippen LogP contribution in [0.3, 0.4) is 0 Å². The number of ether oxygens (including phenoxy) is 1. The SMILES string of the molecule is CC(C)(O)CCOc1ccc([N+]2=CC(c3ccccc3)c3nc[nH]c(=O)c32)cc1. The highest BCUT2D eigenvalue weighted by atomic mass is 16.5. The fourth-order valence-corrected chi connectivity index (χ4v) is 3.40. The van der Waals surface area contributed by atoms with E-state index in [4.69, 9.17) is 4.74 Å². The van der Waals surface area contributed by atoms with Crippen LogP contribution in [-0.2, 0) is 0 Å². The molecule has 1 unspecified atom stereocenters. The second-order valence-corrected chi connectivity index (χ2v) is 7.78. The molecule has 0 amide bonds. The molecular weight excluding hydrogens is 366 g/mol. The van der Waals surface area contributed by atoms with Crippen molar-refractivity contribution in [3.8, 4) is 5.75 Å². The van der Waals surface area contributed by atoms with Crippen LogP contribution in [-0.4, -0.2) is 33.5 Å². The Hall–Kier alpha value is -3.25. The van der Waals surface area contributed by atoms with Crippen LogP contribution in [0.15, 0.2) is 65.7 Å². The molecule has 0 saturated heterocycles. The Balaban J connectivity index is 1.63. The van der Waals surface area contributed by atoms with E-state index >= 15 is 0 Å². The van der Waals surface area contributed by atoms with E-state index in [1.165, 1.54) is 6.33 Å². The van der Waals surface area contributed by atoms with Gasteiger partial charge in [0.15, 0.2) is 6.21 Å². The summed E-state index contributed by atoms with van der Waals surface area (Å²) in [7, 11) is 0. The van der Waals surface area contributed by atoms with E-state index in [1.54, 1.807) is 13.8 Å². The van der Waals surface area contributed by atoms with Gasteiger partial charge in [-0.15, -0.1) is 0 Å². The zero-order chi connectivity index (χ0) is 20.4. The van der Waals surface area contributed by atoms with Crippen molar-refractivity contribution in [2.75, 3.05) is 6.61 Å². The van der Waals surface area contributed by atoms with Gasteiger partial charge in [-0.3, -0.25) is 4.79 Å². The molecule has 1 atom stereocenters. The second-order valence-electron chi connectivity index (χ2n) is 7.78.